The van der Waals surface area contributed by atoms with E-state index in [1.807, 2.05) is 0 Å². The molecular weight excluding hydrogens is 138 g/mol. The number of hydrogen-bond donors (Lipinski definition) is 0. The molecule has 56 valence electrons. The molecule has 3 nitrogen and oxygen atoms in total. The number of nitrogens with zero attached hydrogens (tertiary/aromatic N) is 3. The van der Waals surface area contributed by atoms with Crippen LogP contribution in [-0.4, -0.2) is 15.7 Å². The van der Waals surface area contributed by atoms with E-state index in [1.165, 1.54) is 0 Å². The van der Waals surface area contributed by atoms with Gasteiger partial charge < -0.3 is 0 Å². The van der Waals surface area contributed by atoms with Gasteiger partial charge in [0, 0.05) is 12.4 Å². The standard InChI is InChI=1S/C8H9N3/c1-2-6-8-7(5-11-6)9-3-4-10-8/h3-4H,2,5H2,1H3. The molecule has 2 rings (SSSR count). The Morgan fingerprint density at radius 1 is 1.36 bits per heavy atom. The van der Waals surface area contributed by atoms with Crippen molar-refractivity contribution in [3.8, 4) is 0 Å². The van der Waals surface area contributed by atoms with Gasteiger partial charge in [-0.05, 0) is 6.42 Å². The van der Waals surface area contributed by atoms with Gasteiger partial charge in [-0.3, -0.25) is 15.0 Å². The number of fused-ring (bicyclic) bond motifs is 1. The molecule has 1 aromatic rings. The van der Waals surface area contributed by atoms with E-state index in [1.54, 1.807) is 12.4 Å². The maximum Gasteiger partial charge on any atom is 0.107 e. The minimum absolute atomic E-state index is 0.715. The molecule has 0 saturated carbocycles. The zero-order chi connectivity index (χ0) is 7.68. The lowest BCUT2D eigenvalue weighted by molar-refractivity contribution is 0.997. The molecule has 1 aliphatic rings. The highest BCUT2D eigenvalue weighted by Gasteiger charge is 2.15. The summed E-state index contributed by atoms with van der Waals surface area (Å²) in [6.07, 6.45) is 4.38. The molecule has 0 saturated heterocycles. The van der Waals surface area contributed by atoms with Crippen LogP contribution in [0.25, 0.3) is 0 Å². The molecule has 0 unspecified atom stereocenters. The molecule has 0 aliphatic carbocycles. The zero-order valence-electron chi connectivity index (χ0n) is 6.41. The van der Waals surface area contributed by atoms with Gasteiger partial charge in [-0.2, -0.15) is 0 Å². The molecule has 0 N–H and O–H groups in total. The van der Waals surface area contributed by atoms with Crippen molar-refractivity contribution in [3.05, 3.63) is 23.8 Å². The molecule has 0 bridgehead atoms. The summed E-state index contributed by atoms with van der Waals surface area (Å²) in [5.41, 5.74) is 3.10. The van der Waals surface area contributed by atoms with E-state index in [9.17, 15) is 0 Å². The van der Waals surface area contributed by atoms with Crippen molar-refractivity contribution in [1.29, 1.82) is 0 Å². The van der Waals surface area contributed by atoms with Gasteiger partial charge in [-0.25, -0.2) is 0 Å². The maximum absolute atomic E-state index is 4.31. The van der Waals surface area contributed by atoms with E-state index in [0.29, 0.717) is 6.54 Å². The molecule has 0 radical (unpaired) electrons. The quantitative estimate of drug-likeness (QED) is 0.598. The molecular formula is C8H9N3. The minimum Gasteiger partial charge on any atom is -0.281 e. The topological polar surface area (TPSA) is 38.1 Å². The van der Waals surface area contributed by atoms with Crippen molar-refractivity contribution in [2.24, 2.45) is 4.99 Å². The van der Waals surface area contributed by atoms with E-state index in [-0.39, 0.29) is 0 Å². The molecule has 0 spiro atoms. The molecule has 1 aromatic heterocycles. The summed E-state index contributed by atoms with van der Waals surface area (Å²) < 4.78 is 0. The molecule has 1 aliphatic heterocycles. The molecule has 2 heterocycles. The first kappa shape index (κ1) is 6.46. The van der Waals surface area contributed by atoms with E-state index in [0.717, 1.165) is 23.5 Å². The van der Waals surface area contributed by atoms with Crippen molar-refractivity contribution < 1.29 is 0 Å². The molecule has 3 heteroatoms. The highest BCUT2D eigenvalue weighted by atomic mass is 14.9. The molecule has 0 atom stereocenters. The summed E-state index contributed by atoms with van der Waals surface area (Å²) in [5, 5.41) is 0. The van der Waals surface area contributed by atoms with E-state index in [2.05, 4.69) is 21.9 Å². The van der Waals surface area contributed by atoms with Gasteiger partial charge in [0.15, 0.2) is 0 Å². The average molecular weight is 147 g/mol. The van der Waals surface area contributed by atoms with Gasteiger partial charge in [0.05, 0.1) is 18.0 Å². The number of hydrogen-bond acceptors (Lipinski definition) is 3. The van der Waals surface area contributed by atoms with Crippen LogP contribution in [0.2, 0.25) is 0 Å². The summed E-state index contributed by atoms with van der Waals surface area (Å²) in [5.74, 6) is 0. The third kappa shape index (κ3) is 0.926. The van der Waals surface area contributed by atoms with Crippen molar-refractivity contribution in [2.75, 3.05) is 0 Å². The van der Waals surface area contributed by atoms with Crippen LogP contribution >= 0.6 is 0 Å². The van der Waals surface area contributed by atoms with Crippen LogP contribution in [-0.2, 0) is 6.54 Å². The Morgan fingerprint density at radius 3 is 3.00 bits per heavy atom. The third-order valence-electron chi connectivity index (χ3n) is 1.80. The number of rotatable bonds is 1. The molecule has 11 heavy (non-hydrogen) atoms. The normalized spacial score (nSPS) is 14.5. The minimum atomic E-state index is 0.715. The fourth-order valence-corrected chi connectivity index (χ4v) is 1.25. The summed E-state index contributed by atoms with van der Waals surface area (Å²) in [6.45, 7) is 2.80. The Hall–Kier alpha value is -1.25. The lowest BCUT2D eigenvalue weighted by atomic mass is 10.2. The van der Waals surface area contributed by atoms with Crippen molar-refractivity contribution in [3.63, 3.8) is 0 Å². The SMILES string of the molecule is CCC1=NCc2nccnc21. The molecule has 0 aromatic carbocycles. The Morgan fingerprint density at radius 2 is 2.18 bits per heavy atom. The van der Waals surface area contributed by atoms with Crippen LogP contribution < -0.4 is 0 Å². The summed E-state index contributed by atoms with van der Waals surface area (Å²) >= 11 is 0. The van der Waals surface area contributed by atoms with Gasteiger partial charge >= 0.3 is 0 Å². The van der Waals surface area contributed by atoms with Crippen LogP contribution in [0.15, 0.2) is 17.4 Å². The first-order chi connectivity index (χ1) is 5.42. The van der Waals surface area contributed by atoms with E-state index < -0.39 is 0 Å². The van der Waals surface area contributed by atoms with E-state index in [4.69, 9.17) is 0 Å². The van der Waals surface area contributed by atoms with E-state index >= 15 is 0 Å². The first-order valence-electron chi connectivity index (χ1n) is 3.75. The second-order valence-corrected chi connectivity index (χ2v) is 2.47. The summed E-state index contributed by atoms with van der Waals surface area (Å²) in [6, 6.07) is 0. The lowest BCUT2D eigenvalue weighted by Crippen LogP contribution is -2.00. The van der Waals surface area contributed by atoms with Crippen LogP contribution in [0.1, 0.15) is 24.7 Å². The van der Waals surface area contributed by atoms with Crippen LogP contribution in [0.3, 0.4) is 0 Å². The first-order valence-corrected chi connectivity index (χ1v) is 3.75. The third-order valence-corrected chi connectivity index (χ3v) is 1.80. The largest absolute Gasteiger partial charge is 0.281 e. The van der Waals surface area contributed by atoms with Gasteiger partial charge in [0.1, 0.15) is 5.69 Å². The van der Waals surface area contributed by atoms with Crippen molar-refractivity contribution in [1.82, 2.24) is 9.97 Å². The van der Waals surface area contributed by atoms with Gasteiger partial charge in [-0.1, -0.05) is 6.92 Å². The predicted octanol–water partition coefficient (Wildman–Crippen LogP) is 1.19. The van der Waals surface area contributed by atoms with Gasteiger partial charge in [0.2, 0.25) is 0 Å². The molecule has 0 fully saturated rings. The highest BCUT2D eigenvalue weighted by molar-refractivity contribution is 6.01. The van der Waals surface area contributed by atoms with Crippen molar-refractivity contribution >= 4 is 5.71 Å². The fraction of sp³-hybridized carbons (Fsp3) is 0.375. The Bertz CT molecular complexity index is 304. The smallest absolute Gasteiger partial charge is 0.107 e. The maximum atomic E-state index is 4.31. The second-order valence-electron chi connectivity index (χ2n) is 2.47. The highest BCUT2D eigenvalue weighted by Crippen LogP contribution is 2.14. The van der Waals surface area contributed by atoms with Gasteiger partial charge in [0.25, 0.3) is 0 Å². The monoisotopic (exact) mass is 147 g/mol. The number of aromatic nitrogens is 2. The Balaban J connectivity index is 2.48. The van der Waals surface area contributed by atoms with Crippen LogP contribution in [0.5, 0.6) is 0 Å². The van der Waals surface area contributed by atoms with Crippen molar-refractivity contribution in [2.45, 2.75) is 19.9 Å². The predicted molar refractivity (Wildman–Crippen MR) is 42.6 cm³/mol. The fourth-order valence-electron chi connectivity index (χ4n) is 1.25. The lowest BCUT2D eigenvalue weighted by Gasteiger charge is -1.95. The Labute approximate surface area is 65.2 Å². The van der Waals surface area contributed by atoms with Crippen LogP contribution in [0, 0.1) is 0 Å². The average Bonchev–Trinajstić information content (AvgIpc) is 2.47. The second kappa shape index (κ2) is 2.42. The molecule has 0 amide bonds. The van der Waals surface area contributed by atoms with Gasteiger partial charge in [-0.15, -0.1) is 0 Å². The van der Waals surface area contributed by atoms with Crippen LogP contribution in [0.4, 0.5) is 0 Å². The zero-order valence-corrected chi connectivity index (χ0v) is 6.41. The number of aliphatic imine (C=N–C) groups is 1. The Kier molecular flexibility index (Phi) is 1.42. The summed E-state index contributed by atoms with van der Waals surface area (Å²) in [7, 11) is 0. The summed E-state index contributed by atoms with van der Waals surface area (Å²) in [4.78, 5) is 12.7.